The average Bonchev–Trinajstić information content (AvgIpc) is 2.52. The molecule has 4 fully saturated rings. The van der Waals surface area contributed by atoms with E-state index in [-0.39, 0.29) is 10.8 Å². The smallest absolute Gasteiger partial charge is 0.257 e. The molecule has 0 aromatic carbocycles. The molecule has 0 atom stereocenters. The molecular formula is C17H25N3O+2. The minimum Gasteiger partial charge on any atom is -0.297 e. The second kappa shape index (κ2) is 4.37. The van der Waals surface area contributed by atoms with Gasteiger partial charge < -0.3 is 0 Å². The first-order valence-electron chi connectivity index (χ1n) is 8.29. The van der Waals surface area contributed by atoms with E-state index in [1.165, 1.54) is 5.69 Å². The highest BCUT2D eigenvalue weighted by atomic mass is 16.1. The van der Waals surface area contributed by atoms with Crippen LogP contribution in [0.4, 0.5) is 0 Å². The molecule has 4 saturated heterocycles. The predicted molar refractivity (Wildman–Crippen MR) is 78.8 cm³/mol. The zero-order chi connectivity index (χ0) is 14.7. The number of carbonyl (C=O) groups excluding carboxylic acids is 1. The standard InChI is InChI=1S/C17H23N3O/c1-3-16-9-19-11-17(4-2,15(16)21)12-20(10-16)14(19)13-7-5-6-8-18-13/h5-8,14H,3-4,9-12H2,1-2H3/p+2. The third-order valence-electron chi connectivity index (χ3n) is 6.38. The number of piperidine rings is 2. The minimum absolute atomic E-state index is 0.0670. The van der Waals surface area contributed by atoms with Gasteiger partial charge in [0.25, 0.3) is 6.17 Å². The molecule has 5 rings (SSSR count). The van der Waals surface area contributed by atoms with Gasteiger partial charge in [0, 0.05) is 6.20 Å². The lowest BCUT2D eigenvalue weighted by molar-refractivity contribution is -1.18. The van der Waals surface area contributed by atoms with Crippen LogP contribution >= 0.6 is 0 Å². The molecule has 2 N–H and O–H groups in total. The molecule has 5 heterocycles. The van der Waals surface area contributed by atoms with E-state index in [9.17, 15) is 4.79 Å². The van der Waals surface area contributed by atoms with Crippen LogP contribution in [0.5, 0.6) is 0 Å². The number of aromatic nitrogens is 1. The van der Waals surface area contributed by atoms with Crippen LogP contribution in [0.15, 0.2) is 24.4 Å². The number of nitrogens with one attached hydrogen (secondary N) is 2. The fourth-order valence-corrected chi connectivity index (χ4v) is 5.36. The number of hydrogen-bond acceptors (Lipinski definition) is 2. The van der Waals surface area contributed by atoms with Crippen LogP contribution in [-0.2, 0) is 4.79 Å². The molecule has 4 aliphatic rings. The second-order valence-corrected chi connectivity index (χ2v) is 7.31. The van der Waals surface area contributed by atoms with Gasteiger partial charge in [-0.25, -0.2) is 4.98 Å². The summed E-state index contributed by atoms with van der Waals surface area (Å²) >= 11 is 0. The molecule has 4 nitrogen and oxygen atoms in total. The van der Waals surface area contributed by atoms with Gasteiger partial charge in [0.1, 0.15) is 37.0 Å². The van der Waals surface area contributed by atoms with Crippen LogP contribution in [0.1, 0.15) is 38.5 Å². The molecule has 4 heteroatoms. The lowest BCUT2D eigenvalue weighted by atomic mass is 9.58. The van der Waals surface area contributed by atoms with Gasteiger partial charge in [-0.05, 0) is 25.0 Å². The Morgan fingerprint density at radius 3 is 2.10 bits per heavy atom. The molecule has 21 heavy (non-hydrogen) atoms. The van der Waals surface area contributed by atoms with Gasteiger partial charge in [0.2, 0.25) is 0 Å². The fourth-order valence-electron chi connectivity index (χ4n) is 5.36. The number of nitrogens with zero attached hydrogens (tertiary/aromatic N) is 1. The van der Waals surface area contributed by atoms with E-state index in [2.05, 4.69) is 31.0 Å². The lowest BCUT2D eigenvalue weighted by Crippen LogP contribution is -3.41. The maximum Gasteiger partial charge on any atom is 0.257 e. The highest BCUT2D eigenvalue weighted by Gasteiger charge is 2.70. The van der Waals surface area contributed by atoms with Gasteiger partial charge in [-0.1, -0.05) is 19.9 Å². The Morgan fingerprint density at radius 2 is 1.67 bits per heavy atom. The third kappa shape index (κ3) is 1.63. The van der Waals surface area contributed by atoms with Crippen LogP contribution in [0, 0.1) is 10.8 Å². The highest BCUT2D eigenvalue weighted by Crippen LogP contribution is 2.40. The molecule has 4 bridgehead atoms. The number of hydrogen-bond donors (Lipinski definition) is 2. The molecule has 1 aromatic heterocycles. The van der Waals surface area contributed by atoms with Crippen molar-refractivity contribution < 1.29 is 14.6 Å². The Bertz CT molecular complexity index is 529. The maximum atomic E-state index is 13.1. The van der Waals surface area contributed by atoms with Crippen LogP contribution in [0.3, 0.4) is 0 Å². The molecular weight excluding hydrogens is 262 g/mol. The number of quaternary nitrogens is 2. The minimum atomic E-state index is -0.0670. The molecule has 0 saturated carbocycles. The SMILES string of the molecule is CCC12C[NH+]3CC(CC)(C[NH+](C1)C3c1ccccn1)C2=O. The van der Waals surface area contributed by atoms with E-state index >= 15 is 0 Å². The topological polar surface area (TPSA) is 38.8 Å². The molecule has 0 aliphatic carbocycles. The summed E-state index contributed by atoms with van der Waals surface area (Å²) in [5.41, 5.74) is 1.07. The Hall–Kier alpha value is -1.26. The second-order valence-electron chi connectivity index (χ2n) is 7.31. The summed E-state index contributed by atoms with van der Waals surface area (Å²) in [6.07, 6.45) is 4.32. The summed E-state index contributed by atoms with van der Waals surface area (Å²) in [7, 11) is 0. The number of carbonyl (C=O) groups is 1. The summed E-state index contributed by atoms with van der Waals surface area (Å²) < 4.78 is 0. The normalized spacial score (nSPS) is 44.3. The van der Waals surface area contributed by atoms with Gasteiger partial charge >= 0.3 is 0 Å². The Kier molecular flexibility index (Phi) is 2.79. The van der Waals surface area contributed by atoms with E-state index in [1.807, 2.05) is 12.3 Å². The van der Waals surface area contributed by atoms with Crippen molar-refractivity contribution in [3.8, 4) is 0 Å². The van der Waals surface area contributed by atoms with Crippen molar-refractivity contribution in [3.05, 3.63) is 30.1 Å². The van der Waals surface area contributed by atoms with Crippen molar-refractivity contribution in [1.29, 1.82) is 0 Å². The summed E-state index contributed by atoms with van der Waals surface area (Å²) in [6.45, 7) is 8.43. The van der Waals surface area contributed by atoms with Crippen molar-refractivity contribution in [2.24, 2.45) is 10.8 Å². The summed E-state index contributed by atoms with van der Waals surface area (Å²) in [6, 6.07) is 6.23. The van der Waals surface area contributed by atoms with Crippen molar-refractivity contribution >= 4 is 5.78 Å². The zero-order valence-electron chi connectivity index (χ0n) is 13.0. The average molecular weight is 287 g/mol. The molecule has 0 spiro atoms. The number of Topliss-reactive ketones (excluding diaryl/α,β-unsaturated/α-hetero) is 1. The molecule has 0 unspecified atom stereocenters. The van der Waals surface area contributed by atoms with Crippen molar-refractivity contribution in [2.75, 3.05) is 26.2 Å². The predicted octanol–water partition coefficient (Wildman–Crippen LogP) is -0.747. The van der Waals surface area contributed by atoms with Gasteiger partial charge in [-0.2, -0.15) is 0 Å². The molecule has 1 aromatic rings. The van der Waals surface area contributed by atoms with Gasteiger partial charge in [-0.15, -0.1) is 0 Å². The first-order chi connectivity index (χ1) is 10.1. The van der Waals surface area contributed by atoms with Crippen LogP contribution in [0.2, 0.25) is 0 Å². The van der Waals surface area contributed by atoms with Crippen molar-refractivity contribution in [2.45, 2.75) is 32.9 Å². The molecule has 112 valence electrons. The van der Waals surface area contributed by atoms with Crippen molar-refractivity contribution in [3.63, 3.8) is 0 Å². The van der Waals surface area contributed by atoms with E-state index in [0.29, 0.717) is 11.9 Å². The molecule has 4 aliphatic heterocycles. The van der Waals surface area contributed by atoms with Gasteiger partial charge in [-0.3, -0.25) is 14.6 Å². The molecule has 0 amide bonds. The van der Waals surface area contributed by atoms with Gasteiger partial charge in [0.05, 0.1) is 0 Å². The van der Waals surface area contributed by atoms with E-state index in [0.717, 1.165) is 39.0 Å². The first kappa shape index (κ1) is 13.4. The Balaban J connectivity index is 1.76. The van der Waals surface area contributed by atoms with Crippen molar-refractivity contribution in [1.82, 2.24) is 4.98 Å². The zero-order valence-corrected chi connectivity index (χ0v) is 13.0. The van der Waals surface area contributed by atoms with Crippen LogP contribution < -0.4 is 9.80 Å². The van der Waals surface area contributed by atoms with E-state index in [1.54, 1.807) is 9.80 Å². The Morgan fingerprint density at radius 1 is 1.10 bits per heavy atom. The van der Waals surface area contributed by atoms with Crippen LogP contribution in [-0.4, -0.2) is 36.9 Å². The monoisotopic (exact) mass is 287 g/mol. The summed E-state index contributed by atoms with van der Waals surface area (Å²) in [5, 5.41) is 0. The lowest BCUT2D eigenvalue weighted by Gasteiger charge is -2.60. The van der Waals surface area contributed by atoms with E-state index in [4.69, 9.17) is 0 Å². The number of rotatable bonds is 3. The Labute approximate surface area is 126 Å². The third-order valence-corrected chi connectivity index (χ3v) is 6.38. The first-order valence-corrected chi connectivity index (χ1v) is 8.29. The number of pyridine rings is 1. The fraction of sp³-hybridized carbons (Fsp3) is 0.647. The van der Waals surface area contributed by atoms with Crippen LogP contribution in [0.25, 0.3) is 0 Å². The summed E-state index contributed by atoms with van der Waals surface area (Å²) in [4.78, 5) is 20.9. The largest absolute Gasteiger partial charge is 0.297 e. The quantitative estimate of drug-likeness (QED) is 0.768. The number of ketones is 1. The molecule has 0 radical (unpaired) electrons. The van der Waals surface area contributed by atoms with E-state index < -0.39 is 0 Å². The van der Waals surface area contributed by atoms with Gasteiger partial charge in [0.15, 0.2) is 11.5 Å². The maximum absolute atomic E-state index is 13.1. The highest BCUT2D eigenvalue weighted by molar-refractivity contribution is 5.92. The summed E-state index contributed by atoms with van der Waals surface area (Å²) in [5.74, 6) is 0.576.